The van der Waals surface area contributed by atoms with Crippen LogP contribution >= 0.6 is 0 Å². The molecule has 7 rings (SSSR count). The minimum absolute atomic E-state index is 0.0707. The van der Waals surface area contributed by atoms with Gasteiger partial charge >= 0.3 is 12.1 Å². The van der Waals surface area contributed by atoms with Crippen molar-refractivity contribution in [3.8, 4) is 22.6 Å². The fraction of sp³-hybridized carbons (Fsp3) is 0.420. The number of primary amides is 1. The van der Waals surface area contributed by atoms with E-state index in [-0.39, 0.29) is 68.8 Å². The quantitative estimate of drug-likeness (QED) is 0.0394. The number of fused-ring (bicyclic) bond motifs is 1. The summed E-state index contributed by atoms with van der Waals surface area (Å²) in [6.07, 6.45) is 8.61. The predicted octanol–water partition coefficient (Wildman–Crippen LogP) is 4.31. The maximum Gasteiger partial charge on any atom is 0.410 e. The molecule has 0 spiro atoms. The number of imidazole rings is 1. The molecule has 8 amide bonds. The summed E-state index contributed by atoms with van der Waals surface area (Å²) in [5.41, 5.74) is 10.6. The largest absolute Gasteiger partial charge is 0.445 e. The number of amides is 8. The van der Waals surface area contributed by atoms with Gasteiger partial charge in [0.1, 0.15) is 36.5 Å². The molecule has 72 heavy (non-hydrogen) atoms. The van der Waals surface area contributed by atoms with E-state index in [4.69, 9.17) is 25.2 Å². The molecule has 1 aromatic carbocycles. The van der Waals surface area contributed by atoms with Crippen molar-refractivity contribution in [1.82, 2.24) is 55.3 Å². The van der Waals surface area contributed by atoms with Crippen LogP contribution in [0.25, 0.3) is 28.3 Å². The number of benzene rings is 1. The molecule has 22 heteroatoms. The average Bonchev–Trinajstić information content (AvgIpc) is 4.11. The molecule has 1 saturated heterocycles. The molecule has 2 aliphatic rings. The van der Waals surface area contributed by atoms with Crippen LogP contribution in [0.2, 0.25) is 0 Å². The first-order valence-electron chi connectivity index (χ1n) is 24.1. The molecule has 0 aliphatic carbocycles. The molecule has 5 aromatic rings. The van der Waals surface area contributed by atoms with E-state index in [0.717, 1.165) is 16.2 Å². The highest BCUT2D eigenvalue weighted by atomic mass is 16.6. The van der Waals surface area contributed by atoms with Gasteiger partial charge in [-0.1, -0.05) is 38.5 Å². The number of aromatic amines is 1. The van der Waals surface area contributed by atoms with Crippen LogP contribution in [0.1, 0.15) is 82.3 Å². The van der Waals surface area contributed by atoms with Crippen LogP contribution in [0.3, 0.4) is 0 Å². The average molecular weight is 988 g/mol. The van der Waals surface area contributed by atoms with Crippen molar-refractivity contribution in [2.75, 3.05) is 31.6 Å². The third-order valence-corrected chi connectivity index (χ3v) is 12.3. The van der Waals surface area contributed by atoms with Gasteiger partial charge < -0.3 is 41.5 Å². The van der Waals surface area contributed by atoms with Crippen LogP contribution in [0.5, 0.6) is 0 Å². The third kappa shape index (κ3) is 14.1. The minimum Gasteiger partial charge on any atom is -0.445 e. The summed E-state index contributed by atoms with van der Waals surface area (Å²) in [7, 11) is 0. The number of nitrogens with zero attached hydrogens (tertiary/aromatic N) is 7. The summed E-state index contributed by atoms with van der Waals surface area (Å²) >= 11 is 0. The van der Waals surface area contributed by atoms with Crippen molar-refractivity contribution in [3.63, 3.8) is 0 Å². The molecule has 22 nitrogen and oxygen atoms in total. The highest BCUT2D eigenvalue weighted by Gasteiger charge is 2.31. The number of nitrogens with two attached hydrogens (primary N) is 1. The number of anilines is 1. The van der Waals surface area contributed by atoms with Crippen LogP contribution in [0.15, 0.2) is 79.3 Å². The molecular weight excluding hydrogens is 927 g/mol. The van der Waals surface area contributed by atoms with Gasteiger partial charge in [0.05, 0.1) is 17.9 Å². The Bertz CT molecular complexity index is 2750. The van der Waals surface area contributed by atoms with Crippen molar-refractivity contribution >= 4 is 53.0 Å². The Morgan fingerprint density at radius 2 is 1.68 bits per heavy atom. The van der Waals surface area contributed by atoms with Gasteiger partial charge in [-0.25, -0.2) is 24.1 Å². The Hall–Kier alpha value is -8.01. The Labute approximate surface area is 415 Å². The lowest BCUT2D eigenvalue weighted by Gasteiger charge is -2.33. The van der Waals surface area contributed by atoms with E-state index in [9.17, 15) is 33.6 Å². The number of nitrogens with one attached hydrogen (secondary N) is 5. The van der Waals surface area contributed by atoms with E-state index in [2.05, 4.69) is 36.3 Å². The van der Waals surface area contributed by atoms with Gasteiger partial charge in [-0.05, 0) is 93.3 Å². The maximum absolute atomic E-state index is 14.0. The standard InChI is InChI=1S/C50H61N13O9/c1-31(2)44(60-41(64)12-5-4-6-24-61-42(65)19-20-43(61)66)48(68)57-38(11-8-23-52-49(51)69)47(67)56-35-16-13-33(14-17-35)29-72-50(70)62(36-21-25-71-26-22-36)28-39-58-45(34-15-18-40-53-30-54-63(40)27-34)46(59-39)37-10-7-9-32(3)55-37/h7,9-10,13-20,27,30-31,36,38,44H,4-6,8,11-12,21-26,28-29H2,1-3H3,(H,56,67)(H,57,68)(H,58,59)(H,60,64)(H3,51,52,69)/t38-,44?/m0/s1. The summed E-state index contributed by atoms with van der Waals surface area (Å²) in [4.78, 5) is 110. The lowest BCUT2D eigenvalue weighted by molar-refractivity contribution is -0.137. The number of H-pyrrole nitrogens is 1. The van der Waals surface area contributed by atoms with Gasteiger partial charge in [-0.3, -0.25) is 38.8 Å². The molecule has 2 atom stereocenters. The van der Waals surface area contributed by atoms with Gasteiger partial charge in [-0.15, -0.1) is 0 Å². The molecule has 6 heterocycles. The van der Waals surface area contributed by atoms with E-state index in [1.165, 1.54) is 18.5 Å². The molecular formula is C50H61N13O9. The molecule has 4 aromatic heterocycles. The van der Waals surface area contributed by atoms with Crippen molar-refractivity contribution in [2.24, 2.45) is 11.7 Å². The molecule has 0 radical (unpaired) electrons. The lowest BCUT2D eigenvalue weighted by atomic mass is 10.0. The number of imide groups is 1. The number of rotatable bonds is 23. The molecule has 380 valence electrons. The van der Waals surface area contributed by atoms with Gasteiger partial charge in [-0.2, -0.15) is 5.10 Å². The van der Waals surface area contributed by atoms with E-state index in [1.807, 2.05) is 43.5 Å². The number of aryl methyl sites for hydroxylation is 1. The predicted molar refractivity (Wildman–Crippen MR) is 263 cm³/mol. The second kappa shape index (κ2) is 24.7. The van der Waals surface area contributed by atoms with E-state index >= 15 is 0 Å². The molecule has 7 N–H and O–H groups in total. The number of hydrogen-bond donors (Lipinski definition) is 6. The molecule has 0 saturated carbocycles. The minimum atomic E-state index is -1.06. The van der Waals surface area contributed by atoms with E-state index < -0.39 is 36.0 Å². The normalized spacial score (nSPS) is 14.6. The molecule has 1 unspecified atom stereocenters. The van der Waals surface area contributed by atoms with Crippen molar-refractivity contribution in [1.29, 1.82) is 0 Å². The highest BCUT2D eigenvalue weighted by molar-refractivity contribution is 6.12. The molecule has 1 fully saturated rings. The van der Waals surface area contributed by atoms with E-state index in [1.54, 1.807) is 47.5 Å². The van der Waals surface area contributed by atoms with Crippen LogP contribution in [0.4, 0.5) is 15.3 Å². The number of aromatic nitrogens is 6. The fourth-order valence-corrected chi connectivity index (χ4v) is 8.39. The topological polar surface area (TPSA) is 290 Å². The van der Waals surface area contributed by atoms with Gasteiger partial charge in [0.2, 0.25) is 17.7 Å². The maximum atomic E-state index is 14.0. The molecule has 2 aliphatic heterocycles. The van der Waals surface area contributed by atoms with Gasteiger partial charge in [0.15, 0.2) is 5.65 Å². The first-order valence-corrected chi connectivity index (χ1v) is 24.1. The van der Waals surface area contributed by atoms with Crippen LogP contribution in [0, 0.1) is 12.8 Å². The number of ether oxygens (including phenoxy) is 2. The first kappa shape index (κ1) is 51.8. The highest BCUT2D eigenvalue weighted by Crippen LogP contribution is 2.31. The SMILES string of the molecule is Cc1cccc(-c2nc(CN(C(=O)OCc3ccc(NC(=O)[C@H](CCCNC(N)=O)NC(=O)C(NC(=O)CCCCCN4C(=O)C=CC4=O)C(C)C)cc3)C3CCOCC3)[nH]c2-c2ccc3ncnn3c2)n1. The van der Waals surface area contributed by atoms with Crippen LogP contribution in [-0.4, -0.2) is 125 Å². The summed E-state index contributed by atoms with van der Waals surface area (Å²) in [5, 5.41) is 15.2. The molecule has 0 bridgehead atoms. The number of carbonyl (C=O) groups is 7. The monoisotopic (exact) mass is 987 g/mol. The Balaban J connectivity index is 0.966. The third-order valence-electron chi connectivity index (χ3n) is 12.3. The Morgan fingerprint density at radius 1 is 0.917 bits per heavy atom. The van der Waals surface area contributed by atoms with Crippen molar-refractivity contribution in [3.05, 3.63) is 96.4 Å². The number of carbonyl (C=O) groups excluding carboxylic acids is 7. The van der Waals surface area contributed by atoms with Crippen LogP contribution < -0.4 is 27.0 Å². The van der Waals surface area contributed by atoms with Gasteiger partial charge in [0.25, 0.3) is 11.8 Å². The van der Waals surface area contributed by atoms with E-state index in [0.29, 0.717) is 91.5 Å². The Morgan fingerprint density at radius 3 is 2.40 bits per heavy atom. The van der Waals surface area contributed by atoms with Crippen molar-refractivity contribution in [2.45, 2.75) is 103 Å². The second-order valence-electron chi connectivity index (χ2n) is 18.0. The zero-order chi connectivity index (χ0) is 51.1. The van der Waals surface area contributed by atoms with Crippen molar-refractivity contribution < 1.29 is 43.0 Å². The second-order valence-corrected chi connectivity index (χ2v) is 18.0. The number of pyridine rings is 2. The van der Waals surface area contributed by atoms with Gasteiger partial charge in [0, 0.05) is 74.1 Å². The van der Waals surface area contributed by atoms with Crippen LogP contribution in [-0.2, 0) is 46.6 Å². The summed E-state index contributed by atoms with van der Waals surface area (Å²) in [5.74, 6) is -1.97. The zero-order valence-corrected chi connectivity index (χ0v) is 40.6. The smallest absolute Gasteiger partial charge is 0.410 e. The summed E-state index contributed by atoms with van der Waals surface area (Å²) in [6, 6.07) is 13.3. The first-order chi connectivity index (χ1) is 34.7. The number of hydrogen-bond acceptors (Lipinski definition) is 13. The number of urea groups is 1. The fourth-order valence-electron chi connectivity index (χ4n) is 8.39. The Kier molecular flexibility index (Phi) is 17.8. The zero-order valence-electron chi connectivity index (χ0n) is 40.6. The lowest BCUT2D eigenvalue weighted by Crippen LogP contribution is -2.54. The summed E-state index contributed by atoms with van der Waals surface area (Å²) in [6.45, 7) is 6.89. The number of unbranched alkanes of at least 4 members (excludes halogenated alkanes) is 2. The summed E-state index contributed by atoms with van der Waals surface area (Å²) < 4.78 is 13.2.